The van der Waals surface area contributed by atoms with E-state index in [0.717, 1.165) is 31.4 Å². The number of hydrogen-bond donors (Lipinski definition) is 1. The molecule has 1 aromatic rings. The minimum atomic E-state index is -0.310. The smallest absolute Gasteiger partial charge is 0.252 e. The summed E-state index contributed by atoms with van der Waals surface area (Å²) in [5.74, 6) is 0.105. The number of benzene rings is 1. The molecule has 0 aromatic heterocycles. The van der Waals surface area contributed by atoms with Crippen molar-refractivity contribution in [3.05, 3.63) is 35.4 Å². The lowest BCUT2D eigenvalue weighted by Gasteiger charge is -2.25. The molecule has 0 bridgehead atoms. The van der Waals surface area contributed by atoms with Gasteiger partial charge in [-0.3, -0.25) is 4.79 Å². The minimum Gasteiger partial charge on any atom is -0.364 e. The van der Waals surface area contributed by atoms with Crippen LogP contribution < -0.4 is 5.73 Å². The topological polar surface area (TPSA) is 55.6 Å². The van der Waals surface area contributed by atoms with Gasteiger partial charge in [0, 0.05) is 19.6 Å². The number of ether oxygens (including phenoxy) is 1. The van der Waals surface area contributed by atoms with Crippen molar-refractivity contribution in [2.24, 2.45) is 5.73 Å². The van der Waals surface area contributed by atoms with Crippen molar-refractivity contribution < 1.29 is 9.53 Å². The Hall–Kier alpha value is -1.39. The van der Waals surface area contributed by atoms with Gasteiger partial charge in [0.15, 0.2) is 0 Å². The van der Waals surface area contributed by atoms with Crippen LogP contribution in [0.15, 0.2) is 24.3 Å². The minimum absolute atomic E-state index is 0.0433. The van der Waals surface area contributed by atoms with E-state index in [2.05, 4.69) is 38.1 Å². The summed E-state index contributed by atoms with van der Waals surface area (Å²) >= 11 is 0. The van der Waals surface area contributed by atoms with Crippen LogP contribution in [0.1, 0.15) is 37.3 Å². The number of amides is 1. The van der Waals surface area contributed by atoms with Gasteiger partial charge in [-0.05, 0) is 31.7 Å². The number of nitrogens with two attached hydrogens (primary N) is 1. The summed E-state index contributed by atoms with van der Waals surface area (Å²) in [6.07, 6.45) is 2.36. The molecule has 1 fully saturated rings. The zero-order chi connectivity index (χ0) is 15.2. The van der Waals surface area contributed by atoms with Crippen LogP contribution in [0.2, 0.25) is 0 Å². The number of nitrogens with zero attached hydrogens (tertiary/aromatic N) is 1. The molecule has 4 heteroatoms. The summed E-state index contributed by atoms with van der Waals surface area (Å²) in [6, 6.07) is 8.34. The number of rotatable bonds is 6. The quantitative estimate of drug-likeness (QED) is 0.874. The van der Waals surface area contributed by atoms with Crippen LogP contribution in [-0.4, -0.2) is 36.1 Å². The lowest BCUT2D eigenvalue weighted by molar-refractivity contribution is -0.143. The summed E-state index contributed by atoms with van der Waals surface area (Å²) in [4.78, 5) is 14.5. The molecule has 2 unspecified atom stereocenters. The fourth-order valence-electron chi connectivity index (χ4n) is 2.72. The first-order chi connectivity index (χ1) is 10.1. The molecular formula is C17H26N2O2. The van der Waals surface area contributed by atoms with E-state index in [1.54, 1.807) is 0 Å². The maximum atomic E-state index is 12.6. The molecular weight excluding hydrogens is 264 g/mol. The van der Waals surface area contributed by atoms with Gasteiger partial charge in [0.25, 0.3) is 5.91 Å². The van der Waals surface area contributed by atoms with Gasteiger partial charge >= 0.3 is 0 Å². The SMILES string of the molecule is CCCN(Cc1ccc(C)cc1)C(=O)C1CCC(CN)O1. The Balaban J connectivity index is 2.00. The highest BCUT2D eigenvalue weighted by atomic mass is 16.5. The summed E-state index contributed by atoms with van der Waals surface area (Å²) in [7, 11) is 0. The van der Waals surface area contributed by atoms with Crippen LogP contribution in [0.4, 0.5) is 0 Å². The predicted molar refractivity (Wildman–Crippen MR) is 83.8 cm³/mol. The van der Waals surface area contributed by atoms with Crippen molar-refractivity contribution in [3.63, 3.8) is 0 Å². The Morgan fingerprint density at radius 1 is 1.33 bits per heavy atom. The monoisotopic (exact) mass is 290 g/mol. The maximum Gasteiger partial charge on any atom is 0.252 e. The maximum absolute atomic E-state index is 12.6. The van der Waals surface area contributed by atoms with Gasteiger partial charge in [-0.25, -0.2) is 0 Å². The standard InChI is InChI=1S/C17H26N2O2/c1-3-10-19(12-14-6-4-13(2)5-7-14)17(20)16-9-8-15(11-18)21-16/h4-7,15-16H,3,8-12,18H2,1-2H3. The van der Waals surface area contributed by atoms with Crippen molar-refractivity contribution in [1.82, 2.24) is 4.90 Å². The highest BCUT2D eigenvalue weighted by Gasteiger charge is 2.32. The molecule has 2 N–H and O–H groups in total. The normalized spacial score (nSPS) is 21.5. The Kier molecular flexibility index (Phi) is 5.76. The molecule has 0 saturated carbocycles. The fraction of sp³-hybridized carbons (Fsp3) is 0.588. The van der Waals surface area contributed by atoms with Gasteiger partial charge in [-0.15, -0.1) is 0 Å². The van der Waals surface area contributed by atoms with Gasteiger partial charge < -0.3 is 15.4 Å². The second-order valence-electron chi connectivity index (χ2n) is 5.81. The van der Waals surface area contributed by atoms with Crippen molar-refractivity contribution >= 4 is 5.91 Å². The summed E-state index contributed by atoms with van der Waals surface area (Å²) in [6.45, 7) is 6.07. The highest BCUT2D eigenvalue weighted by molar-refractivity contribution is 5.81. The molecule has 1 amide bonds. The molecule has 1 saturated heterocycles. The molecule has 4 nitrogen and oxygen atoms in total. The summed E-state index contributed by atoms with van der Waals surface area (Å²) < 4.78 is 5.74. The molecule has 2 atom stereocenters. The van der Waals surface area contributed by atoms with Crippen LogP contribution in [0.25, 0.3) is 0 Å². The van der Waals surface area contributed by atoms with Gasteiger partial charge in [0.2, 0.25) is 0 Å². The molecule has 0 spiro atoms. The summed E-state index contributed by atoms with van der Waals surface area (Å²) in [5.41, 5.74) is 8.01. The molecule has 1 heterocycles. The number of aryl methyl sites for hydroxylation is 1. The zero-order valence-electron chi connectivity index (χ0n) is 13.0. The molecule has 1 aliphatic rings. The van der Waals surface area contributed by atoms with Gasteiger partial charge in [0.1, 0.15) is 6.10 Å². The average molecular weight is 290 g/mol. The van der Waals surface area contributed by atoms with Gasteiger partial charge in [-0.1, -0.05) is 36.8 Å². The second kappa shape index (κ2) is 7.57. The third kappa shape index (κ3) is 4.29. The highest BCUT2D eigenvalue weighted by Crippen LogP contribution is 2.21. The fourth-order valence-corrected chi connectivity index (χ4v) is 2.72. The molecule has 1 aliphatic heterocycles. The Labute approximate surface area is 127 Å². The van der Waals surface area contributed by atoms with E-state index in [1.165, 1.54) is 5.56 Å². The van der Waals surface area contributed by atoms with Crippen molar-refractivity contribution in [3.8, 4) is 0 Å². The van der Waals surface area contributed by atoms with Crippen LogP contribution in [0.5, 0.6) is 0 Å². The molecule has 0 radical (unpaired) electrons. The van der Waals surface area contributed by atoms with Crippen molar-refractivity contribution in [2.45, 2.75) is 51.9 Å². The first-order valence-electron chi connectivity index (χ1n) is 7.84. The second-order valence-corrected chi connectivity index (χ2v) is 5.81. The van der Waals surface area contributed by atoms with E-state index < -0.39 is 0 Å². The Morgan fingerprint density at radius 3 is 2.62 bits per heavy atom. The molecule has 2 rings (SSSR count). The predicted octanol–water partition coefficient (Wildman–Crippen LogP) is 2.24. The van der Waals surface area contributed by atoms with E-state index in [4.69, 9.17) is 10.5 Å². The first-order valence-corrected chi connectivity index (χ1v) is 7.84. The van der Waals surface area contributed by atoms with E-state index in [-0.39, 0.29) is 18.1 Å². The summed E-state index contributed by atoms with van der Waals surface area (Å²) in [5, 5.41) is 0. The lowest BCUT2D eigenvalue weighted by Crippen LogP contribution is -2.39. The van der Waals surface area contributed by atoms with Crippen LogP contribution in [-0.2, 0) is 16.1 Å². The van der Waals surface area contributed by atoms with Gasteiger partial charge in [-0.2, -0.15) is 0 Å². The van der Waals surface area contributed by atoms with E-state index in [9.17, 15) is 4.79 Å². The van der Waals surface area contributed by atoms with Crippen molar-refractivity contribution in [1.29, 1.82) is 0 Å². The number of hydrogen-bond acceptors (Lipinski definition) is 3. The Morgan fingerprint density at radius 2 is 2.05 bits per heavy atom. The molecule has 1 aromatic carbocycles. The molecule has 116 valence electrons. The lowest BCUT2D eigenvalue weighted by atomic mass is 10.1. The number of carbonyl (C=O) groups excluding carboxylic acids is 1. The number of carbonyl (C=O) groups is 1. The third-order valence-electron chi connectivity index (χ3n) is 3.95. The van der Waals surface area contributed by atoms with E-state index in [0.29, 0.717) is 13.1 Å². The molecule has 21 heavy (non-hydrogen) atoms. The van der Waals surface area contributed by atoms with E-state index >= 15 is 0 Å². The van der Waals surface area contributed by atoms with Crippen LogP contribution >= 0.6 is 0 Å². The zero-order valence-corrected chi connectivity index (χ0v) is 13.0. The third-order valence-corrected chi connectivity index (χ3v) is 3.95. The first kappa shape index (κ1) is 16.0. The van der Waals surface area contributed by atoms with Crippen LogP contribution in [0, 0.1) is 6.92 Å². The van der Waals surface area contributed by atoms with Gasteiger partial charge in [0.05, 0.1) is 6.10 Å². The molecule has 0 aliphatic carbocycles. The van der Waals surface area contributed by atoms with E-state index in [1.807, 2.05) is 4.90 Å². The van der Waals surface area contributed by atoms with Crippen molar-refractivity contribution in [2.75, 3.05) is 13.1 Å². The largest absolute Gasteiger partial charge is 0.364 e. The average Bonchev–Trinajstić information content (AvgIpc) is 2.97. The Bertz CT molecular complexity index is 458. The van der Waals surface area contributed by atoms with Crippen LogP contribution in [0.3, 0.4) is 0 Å².